The van der Waals surface area contributed by atoms with E-state index in [1.165, 1.54) is 0 Å². The standard InChI is InChI=1S/C31H41NO6/c1-25(2)19-8-9-29(6)20(28(19,5)15-18(17-32)23(25)34)14-22(33)31(37)21-16-27(4,38-24(35)36)12-10-26(21,3)11-13-30(29,31)7/h14-15,19,21,37H,8-13,16H2,1-7H3,(H,35,36)/t19-,21+,26+,27-,28-,29+,30-,31+/m0/s1. The molecule has 5 rings (SSSR count). The molecule has 38 heavy (non-hydrogen) atoms. The number of ketones is 2. The van der Waals surface area contributed by atoms with Crippen molar-refractivity contribution in [3.05, 3.63) is 23.3 Å². The maximum absolute atomic E-state index is 14.3. The number of carbonyl (C=O) groups is 3. The second-order valence-corrected chi connectivity index (χ2v) is 14.7. The summed E-state index contributed by atoms with van der Waals surface area (Å²) in [5.41, 5.74) is -4.73. The number of hydrogen-bond acceptors (Lipinski definition) is 6. The van der Waals surface area contributed by atoms with Crippen LogP contribution in [0.1, 0.15) is 93.4 Å². The van der Waals surface area contributed by atoms with Crippen molar-refractivity contribution >= 4 is 17.7 Å². The normalized spacial score (nSPS) is 49.2. The summed E-state index contributed by atoms with van der Waals surface area (Å²) in [5, 5.41) is 32.0. The molecule has 0 unspecified atom stereocenters. The van der Waals surface area contributed by atoms with Crippen LogP contribution in [0.25, 0.3) is 0 Å². The van der Waals surface area contributed by atoms with Gasteiger partial charge in [0.2, 0.25) is 0 Å². The second-order valence-electron chi connectivity index (χ2n) is 14.7. The van der Waals surface area contributed by atoms with Crippen LogP contribution in [-0.4, -0.2) is 39.1 Å². The number of Topliss-reactive ketones (excluding diaryl/α,β-unsaturated/α-hetero) is 1. The first-order chi connectivity index (χ1) is 17.3. The van der Waals surface area contributed by atoms with Gasteiger partial charge in [-0.3, -0.25) is 9.59 Å². The number of hydrogen-bond donors (Lipinski definition) is 2. The third-order valence-corrected chi connectivity index (χ3v) is 12.5. The van der Waals surface area contributed by atoms with Crippen LogP contribution < -0.4 is 0 Å². The Labute approximate surface area is 225 Å². The number of nitrogens with zero attached hydrogens (tertiary/aromatic N) is 1. The van der Waals surface area contributed by atoms with E-state index in [4.69, 9.17) is 4.74 Å². The van der Waals surface area contributed by atoms with Crippen LogP contribution in [0.15, 0.2) is 23.3 Å². The largest absolute Gasteiger partial charge is 0.506 e. The van der Waals surface area contributed by atoms with E-state index in [9.17, 15) is 29.9 Å². The Balaban J connectivity index is 1.70. The Bertz CT molecular complexity index is 1260. The number of fused-ring (bicyclic) bond motifs is 7. The van der Waals surface area contributed by atoms with E-state index < -0.39 is 44.9 Å². The highest BCUT2D eigenvalue weighted by molar-refractivity contribution is 6.05. The fourth-order valence-electron chi connectivity index (χ4n) is 10.0. The molecule has 0 amide bonds. The molecule has 5 aliphatic rings. The average Bonchev–Trinajstić information content (AvgIpc) is 2.81. The molecular weight excluding hydrogens is 482 g/mol. The van der Waals surface area contributed by atoms with Crippen LogP contribution in [0.3, 0.4) is 0 Å². The SMILES string of the molecule is CC1(C)C(=O)C(C#N)=C[C@]2(C)C3=CC(=O)[C@]4(O)[C@@H]5C[C@@](C)(OC(=O)O)CC[C@]5(C)CC[C@@]4(C)[C@]3(C)CC[C@@H]12. The molecule has 0 spiro atoms. The summed E-state index contributed by atoms with van der Waals surface area (Å²) in [4.78, 5) is 39.0. The Kier molecular flexibility index (Phi) is 5.42. The summed E-state index contributed by atoms with van der Waals surface area (Å²) in [6.45, 7) is 14.0. The fourth-order valence-corrected chi connectivity index (χ4v) is 10.0. The molecule has 2 N–H and O–H groups in total. The summed E-state index contributed by atoms with van der Waals surface area (Å²) in [7, 11) is 0. The molecule has 0 aromatic carbocycles. The third kappa shape index (κ3) is 3.01. The Morgan fingerprint density at radius 3 is 2.24 bits per heavy atom. The van der Waals surface area contributed by atoms with Gasteiger partial charge in [0.05, 0.1) is 5.57 Å². The van der Waals surface area contributed by atoms with E-state index in [-0.39, 0.29) is 34.9 Å². The van der Waals surface area contributed by atoms with Crippen LogP contribution in [0.5, 0.6) is 0 Å². The smallest absolute Gasteiger partial charge is 0.450 e. The van der Waals surface area contributed by atoms with E-state index in [1.54, 1.807) is 19.1 Å². The van der Waals surface area contributed by atoms with Gasteiger partial charge in [0.1, 0.15) is 17.3 Å². The highest BCUT2D eigenvalue weighted by atomic mass is 16.7. The number of rotatable bonds is 1. The first-order valence-electron chi connectivity index (χ1n) is 13.9. The topological polar surface area (TPSA) is 125 Å². The predicted octanol–water partition coefficient (Wildman–Crippen LogP) is 5.77. The molecule has 0 aromatic heterocycles. The van der Waals surface area contributed by atoms with Gasteiger partial charge in [0, 0.05) is 22.2 Å². The summed E-state index contributed by atoms with van der Waals surface area (Å²) in [6.07, 6.45) is 6.52. The quantitative estimate of drug-likeness (QED) is 0.418. The van der Waals surface area contributed by atoms with Gasteiger partial charge in [-0.1, -0.05) is 47.6 Å². The van der Waals surface area contributed by atoms with Gasteiger partial charge in [-0.15, -0.1) is 0 Å². The zero-order valence-corrected chi connectivity index (χ0v) is 23.7. The third-order valence-electron chi connectivity index (χ3n) is 12.5. The maximum Gasteiger partial charge on any atom is 0.506 e. The van der Waals surface area contributed by atoms with E-state index in [2.05, 4.69) is 26.8 Å². The molecule has 3 fully saturated rings. The molecule has 0 bridgehead atoms. The molecule has 7 nitrogen and oxygen atoms in total. The predicted molar refractivity (Wildman–Crippen MR) is 140 cm³/mol. The van der Waals surface area contributed by atoms with Gasteiger partial charge in [-0.2, -0.15) is 5.26 Å². The van der Waals surface area contributed by atoms with Gasteiger partial charge < -0.3 is 14.9 Å². The van der Waals surface area contributed by atoms with Crippen molar-refractivity contribution in [1.29, 1.82) is 5.26 Å². The minimum atomic E-state index is -1.69. The lowest BCUT2D eigenvalue weighted by atomic mass is 9.33. The Morgan fingerprint density at radius 2 is 1.63 bits per heavy atom. The van der Waals surface area contributed by atoms with E-state index in [0.717, 1.165) is 18.4 Å². The zero-order valence-electron chi connectivity index (χ0n) is 23.7. The number of aliphatic hydroxyl groups is 1. The van der Waals surface area contributed by atoms with Gasteiger partial charge in [-0.05, 0) is 80.3 Å². The van der Waals surface area contributed by atoms with Crippen LogP contribution in [0, 0.1) is 50.2 Å². The minimum absolute atomic E-state index is 0.0719. The van der Waals surface area contributed by atoms with Crippen LogP contribution >= 0.6 is 0 Å². The molecule has 0 radical (unpaired) electrons. The highest BCUT2D eigenvalue weighted by Gasteiger charge is 2.75. The molecular formula is C31H41NO6. The number of ether oxygens (including phenoxy) is 1. The molecule has 0 aromatic rings. The van der Waals surface area contributed by atoms with Gasteiger partial charge in [-0.25, -0.2) is 4.79 Å². The van der Waals surface area contributed by atoms with E-state index in [0.29, 0.717) is 25.7 Å². The van der Waals surface area contributed by atoms with Crippen molar-refractivity contribution in [2.75, 3.05) is 0 Å². The summed E-state index contributed by atoms with van der Waals surface area (Å²) >= 11 is 0. The maximum atomic E-state index is 14.3. The molecule has 0 aliphatic heterocycles. The lowest BCUT2D eigenvalue weighted by molar-refractivity contribution is -0.248. The lowest BCUT2D eigenvalue weighted by Gasteiger charge is -2.71. The number of nitriles is 1. The van der Waals surface area contributed by atoms with Gasteiger partial charge in [0.15, 0.2) is 11.6 Å². The first kappa shape index (κ1) is 27.1. The molecule has 8 atom stereocenters. The first-order valence-corrected chi connectivity index (χ1v) is 13.9. The summed E-state index contributed by atoms with van der Waals surface area (Å²) in [5.74, 6) is -1.03. The van der Waals surface area contributed by atoms with Crippen molar-refractivity contribution in [2.24, 2.45) is 38.9 Å². The molecule has 7 heteroatoms. The Morgan fingerprint density at radius 1 is 1.00 bits per heavy atom. The molecule has 0 heterocycles. The van der Waals surface area contributed by atoms with E-state index in [1.807, 2.05) is 20.8 Å². The number of carbonyl (C=O) groups excluding carboxylic acids is 2. The Hall–Kier alpha value is -2.46. The summed E-state index contributed by atoms with van der Waals surface area (Å²) < 4.78 is 5.35. The van der Waals surface area contributed by atoms with E-state index >= 15 is 0 Å². The lowest BCUT2D eigenvalue weighted by Crippen LogP contribution is -2.74. The van der Waals surface area contributed by atoms with Crippen molar-refractivity contribution < 1.29 is 29.3 Å². The summed E-state index contributed by atoms with van der Waals surface area (Å²) in [6, 6.07) is 2.12. The van der Waals surface area contributed by atoms with Crippen molar-refractivity contribution in [3.8, 4) is 6.07 Å². The number of carboxylic acid groups (broad SMARTS) is 1. The highest BCUT2D eigenvalue weighted by Crippen LogP contribution is 2.75. The van der Waals surface area contributed by atoms with Crippen LogP contribution in [0.4, 0.5) is 4.79 Å². The van der Waals surface area contributed by atoms with Gasteiger partial charge >= 0.3 is 6.16 Å². The fraction of sp³-hybridized carbons (Fsp3) is 0.742. The van der Waals surface area contributed by atoms with Crippen LogP contribution in [0.2, 0.25) is 0 Å². The van der Waals surface area contributed by atoms with Crippen molar-refractivity contribution in [3.63, 3.8) is 0 Å². The molecule has 5 aliphatic carbocycles. The number of allylic oxidation sites excluding steroid dienone is 3. The minimum Gasteiger partial charge on any atom is -0.450 e. The molecule has 3 saturated carbocycles. The van der Waals surface area contributed by atoms with Crippen molar-refractivity contribution in [2.45, 2.75) is 105 Å². The monoisotopic (exact) mass is 523 g/mol. The van der Waals surface area contributed by atoms with Crippen LogP contribution in [-0.2, 0) is 14.3 Å². The van der Waals surface area contributed by atoms with Crippen molar-refractivity contribution in [1.82, 2.24) is 0 Å². The molecule has 0 saturated heterocycles. The van der Waals surface area contributed by atoms with Gasteiger partial charge in [0.25, 0.3) is 0 Å². The zero-order chi connectivity index (χ0) is 28.3. The second kappa shape index (κ2) is 7.59. The molecule has 206 valence electrons. The average molecular weight is 524 g/mol.